The van der Waals surface area contributed by atoms with Crippen LogP contribution >= 0.6 is 23.2 Å². The summed E-state index contributed by atoms with van der Waals surface area (Å²) in [7, 11) is 0. The van der Waals surface area contributed by atoms with E-state index < -0.39 is 108 Å². The molecular formula is C38H40Cl2N18O10. The van der Waals surface area contributed by atoms with Gasteiger partial charge in [0.25, 0.3) is 0 Å². The number of anilines is 2. The summed E-state index contributed by atoms with van der Waals surface area (Å²) in [5, 5.41) is 75.2. The number of tetrazole rings is 2. The number of rotatable bonds is 14. The molecule has 0 amide bonds. The second-order valence-corrected chi connectivity index (χ2v) is 18.4. The van der Waals surface area contributed by atoms with E-state index in [0.717, 1.165) is 0 Å². The molecular weight excluding hydrogens is 939 g/mol. The van der Waals surface area contributed by atoms with Gasteiger partial charge in [-0.25, -0.2) is 9.97 Å². The van der Waals surface area contributed by atoms with Crippen molar-refractivity contribution < 1.29 is 49.1 Å². The van der Waals surface area contributed by atoms with Crippen molar-refractivity contribution in [2.45, 2.75) is 113 Å². The van der Waals surface area contributed by atoms with Crippen molar-refractivity contribution in [3.05, 3.63) is 34.9 Å². The lowest BCUT2D eigenvalue weighted by molar-refractivity contribution is -0.201. The summed E-state index contributed by atoms with van der Waals surface area (Å²) in [5.41, 5.74) is -6.64. The van der Waals surface area contributed by atoms with E-state index in [1.165, 1.54) is 22.2 Å². The molecule has 68 heavy (non-hydrogen) atoms. The first-order valence-corrected chi connectivity index (χ1v) is 22.5. The van der Waals surface area contributed by atoms with Crippen LogP contribution in [0, 0.1) is 23.7 Å². The molecule has 8 bridgehead atoms. The lowest BCUT2D eigenvalue weighted by atomic mass is 9.60. The SMILES string of the molecule is CCn1nnc([C@@H]2O[C@@]3(C4CCC([C@@]56O[C@@H](c7nnn(CC)n7)[C@H](CC(=O)O)[C@@]5(CC(=O)O)Nc5nc(Cl)nc7c5ncn76)CC4)n4cnc5c(nc(Cl)nc54)N[C@]3(CC(=O)O)[C@H]2CC(=O)O)n1. The van der Waals surface area contributed by atoms with Crippen molar-refractivity contribution in [3.8, 4) is 0 Å². The van der Waals surface area contributed by atoms with Crippen molar-refractivity contribution in [3.63, 3.8) is 0 Å². The zero-order valence-electron chi connectivity index (χ0n) is 35.8. The maximum atomic E-state index is 13.4. The van der Waals surface area contributed by atoms with E-state index in [1.807, 2.05) is 0 Å². The first-order chi connectivity index (χ1) is 32.6. The largest absolute Gasteiger partial charge is 0.481 e. The van der Waals surface area contributed by atoms with Gasteiger partial charge in [0, 0.05) is 23.7 Å². The summed E-state index contributed by atoms with van der Waals surface area (Å²) in [6.45, 7) is 4.19. The standard InChI is InChI=1S/C38H40Cl2N18O10/c1-3-57-51-29(49-53-57)25-17(9-19(59)60)35(11-21(63)64)37(67-25,55-13-41-23-27(47-35)43-33(39)45-31(23)55)15-5-7-16(8-6-15)38-36(12-22(65)66,48-28-24-32(46-34(40)44-28)56(38)14-42-24)18(10-20(61)62)26(68-38)30-50-54-58(4-2)52-30/h13-18,25-26H,3-12H2,1-2H3,(H,59,60)(H,61,62)(H,63,64)(H,65,66)(H,43,45,47)(H,44,46,48)/t15?,16?,17-,18-,25+,26+,35+,36+,37+,38+/m0/s1. The number of imidazole rings is 2. The fourth-order valence-corrected chi connectivity index (χ4v) is 12.6. The Morgan fingerprint density at radius 2 is 1.04 bits per heavy atom. The molecule has 0 aromatic carbocycles. The highest BCUT2D eigenvalue weighted by atomic mass is 35.5. The molecule has 10 heterocycles. The number of carbonyl (C=O) groups is 4. The predicted octanol–water partition coefficient (Wildman–Crippen LogP) is 2.10. The highest BCUT2D eigenvalue weighted by molar-refractivity contribution is 6.29. The number of aliphatic carboxylic acids is 4. The number of carboxylic acids is 4. The average Bonchev–Trinajstić information content (AvgIpc) is 4.14. The van der Waals surface area contributed by atoms with Crippen LogP contribution in [0.2, 0.25) is 10.6 Å². The molecule has 2 saturated heterocycles. The summed E-state index contributed by atoms with van der Waals surface area (Å²) in [4.78, 5) is 82.6. The van der Waals surface area contributed by atoms with Gasteiger partial charge >= 0.3 is 23.9 Å². The maximum Gasteiger partial charge on any atom is 0.305 e. The topological polar surface area (TPSA) is 366 Å². The molecule has 3 fully saturated rings. The fraction of sp³-hybridized carbons (Fsp3) is 0.579. The molecule has 6 N–H and O–H groups in total. The molecule has 1 aliphatic carbocycles. The Bertz CT molecular complexity index is 2880. The van der Waals surface area contributed by atoms with E-state index in [9.17, 15) is 39.6 Å². The third kappa shape index (κ3) is 5.98. The molecule has 11 rings (SSSR count). The monoisotopic (exact) mass is 978 g/mol. The molecule has 0 radical (unpaired) electrons. The summed E-state index contributed by atoms with van der Waals surface area (Å²) in [6.07, 6.45) is -1.71. The quantitative estimate of drug-likeness (QED) is 0.0851. The lowest BCUT2D eigenvalue weighted by Crippen LogP contribution is -2.66. The smallest absolute Gasteiger partial charge is 0.305 e. The van der Waals surface area contributed by atoms with E-state index in [1.54, 1.807) is 23.0 Å². The molecule has 30 heteroatoms. The molecule has 4 aliphatic heterocycles. The third-order valence-electron chi connectivity index (χ3n) is 14.5. The lowest BCUT2D eigenvalue weighted by Gasteiger charge is -2.55. The Balaban J connectivity index is 1.11. The van der Waals surface area contributed by atoms with E-state index in [4.69, 9.17) is 32.7 Å². The number of ether oxygens (including phenoxy) is 2. The molecule has 5 aliphatic rings. The number of carboxylic acid groups (broad SMARTS) is 4. The second kappa shape index (κ2) is 15.4. The van der Waals surface area contributed by atoms with E-state index in [-0.39, 0.29) is 81.9 Å². The predicted molar refractivity (Wildman–Crippen MR) is 225 cm³/mol. The number of fused-ring (bicyclic) bond motifs is 4. The number of aromatic nitrogens is 16. The van der Waals surface area contributed by atoms with Crippen LogP contribution in [0.25, 0.3) is 22.3 Å². The van der Waals surface area contributed by atoms with Crippen molar-refractivity contribution >= 4 is 81.0 Å². The minimum atomic E-state index is -1.86. The van der Waals surface area contributed by atoms with Crippen molar-refractivity contribution in [1.29, 1.82) is 0 Å². The molecule has 0 spiro atoms. The van der Waals surface area contributed by atoms with Gasteiger partial charge in [-0.2, -0.15) is 29.5 Å². The molecule has 6 aromatic heterocycles. The van der Waals surface area contributed by atoms with Gasteiger partial charge in [0.2, 0.25) is 22.2 Å². The van der Waals surface area contributed by atoms with Gasteiger partial charge in [0.1, 0.15) is 23.3 Å². The number of nitrogens with zero attached hydrogens (tertiary/aromatic N) is 16. The van der Waals surface area contributed by atoms with Crippen LogP contribution in [0.1, 0.15) is 89.1 Å². The van der Waals surface area contributed by atoms with E-state index in [0.29, 0.717) is 13.1 Å². The molecule has 0 unspecified atom stereocenters. The van der Waals surface area contributed by atoms with Crippen molar-refractivity contribution in [1.82, 2.24) is 79.5 Å². The first-order valence-electron chi connectivity index (χ1n) is 21.7. The highest BCUT2D eigenvalue weighted by Crippen LogP contribution is 2.67. The highest BCUT2D eigenvalue weighted by Gasteiger charge is 2.76. The normalized spacial score (nSPS) is 31.3. The van der Waals surface area contributed by atoms with Gasteiger partial charge in [-0.05, 0) is 73.2 Å². The van der Waals surface area contributed by atoms with Gasteiger partial charge in [-0.3, -0.25) is 28.3 Å². The summed E-state index contributed by atoms with van der Waals surface area (Å²) >= 11 is 13.0. The minimum Gasteiger partial charge on any atom is -0.481 e. The van der Waals surface area contributed by atoms with Gasteiger partial charge in [0.05, 0.1) is 51.4 Å². The number of aryl methyl sites for hydroxylation is 2. The number of nitrogens with one attached hydrogen (secondary N) is 2. The van der Waals surface area contributed by atoms with Crippen LogP contribution < -0.4 is 10.6 Å². The molecule has 356 valence electrons. The molecule has 1 saturated carbocycles. The number of hydrogen-bond acceptors (Lipinski definition) is 20. The van der Waals surface area contributed by atoms with Crippen LogP contribution in [-0.4, -0.2) is 135 Å². The number of hydrogen-bond donors (Lipinski definition) is 6. The van der Waals surface area contributed by atoms with Crippen LogP contribution in [0.4, 0.5) is 11.6 Å². The number of halogens is 2. The summed E-state index contributed by atoms with van der Waals surface area (Å²) in [6, 6.07) is 0. The Kier molecular flexibility index (Phi) is 9.89. The zero-order valence-corrected chi connectivity index (χ0v) is 37.4. The van der Waals surface area contributed by atoms with Crippen molar-refractivity contribution in [2.24, 2.45) is 23.7 Å². The van der Waals surface area contributed by atoms with Crippen molar-refractivity contribution in [2.75, 3.05) is 10.6 Å². The van der Waals surface area contributed by atoms with Crippen LogP contribution in [0.3, 0.4) is 0 Å². The molecule has 8 atom stereocenters. The molecule has 6 aromatic rings. The fourth-order valence-electron chi connectivity index (χ4n) is 12.2. The van der Waals surface area contributed by atoms with Gasteiger partial charge < -0.3 is 40.5 Å². The second-order valence-electron chi connectivity index (χ2n) is 17.7. The van der Waals surface area contributed by atoms with Gasteiger partial charge in [0.15, 0.2) is 45.4 Å². The maximum absolute atomic E-state index is 13.4. The van der Waals surface area contributed by atoms with Gasteiger partial charge in [-0.15, -0.1) is 20.4 Å². The summed E-state index contributed by atoms with van der Waals surface area (Å²) in [5.74, 6) is -8.88. The van der Waals surface area contributed by atoms with Crippen LogP contribution in [0.5, 0.6) is 0 Å². The Morgan fingerprint density at radius 1 is 0.647 bits per heavy atom. The third-order valence-corrected chi connectivity index (χ3v) is 14.9. The van der Waals surface area contributed by atoms with Gasteiger partial charge in [-0.1, -0.05) is 0 Å². The van der Waals surface area contributed by atoms with Crippen LogP contribution in [0.15, 0.2) is 12.7 Å². The Morgan fingerprint density at radius 3 is 1.38 bits per heavy atom. The summed E-state index contributed by atoms with van der Waals surface area (Å²) < 4.78 is 17.8. The van der Waals surface area contributed by atoms with Crippen LogP contribution in [-0.2, 0) is 53.2 Å². The van der Waals surface area contributed by atoms with E-state index >= 15 is 0 Å². The molecule has 28 nitrogen and oxygen atoms in total. The zero-order chi connectivity index (χ0) is 47.7. The minimum absolute atomic E-state index is 0.0146. The average molecular weight is 980 g/mol. The Hall–Kier alpha value is -6.78. The first kappa shape index (κ1) is 43.8. The Labute approximate surface area is 390 Å². The van der Waals surface area contributed by atoms with E-state index in [2.05, 4.69) is 71.4 Å².